The Morgan fingerprint density at radius 3 is 2.64 bits per heavy atom. The van der Waals surface area contributed by atoms with Crippen LogP contribution in [0.15, 0.2) is 34.9 Å². The molecule has 1 aromatic rings. The van der Waals surface area contributed by atoms with Gasteiger partial charge in [0.1, 0.15) is 0 Å². The molecule has 0 aliphatic heterocycles. The van der Waals surface area contributed by atoms with E-state index in [-0.39, 0.29) is 12.1 Å². The standard InChI is InChI=1S/C17H27N3OS/c1-4-15(6-7-16(21)5-2)19-13-20-17(12-22-3)14-8-10-18-11-9-14/h8-13,15-16,21H,4-7H2,1-3H3,(H,19,20). The average molecular weight is 321 g/mol. The fraction of sp³-hybridized carbons (Fsp3) is 0.529. The van der Waals surface area contributed by atoms with Crippen molar-refractivity contribution in [2.45, 2.75) is 51.7 Å². The van der Waals surface area contributed by atoms with Gasteiger partial charge in [-0.3, -0.25) is 9.98 Å². The predicted octanol–water partition coefficient (Wildman–Crippen LogP) is 3.69. The second-order valence-corrected chi connectivity index (χ2v) is 5.83. The van der Waals surface area contributed by atoms with Crippen molar-refractivity contribution in [2.24, 2.45) is 4.99 Å². The highest BCUT2D eigenvalue weighted by Gasteiger charge is 2.07. The SMILES string of the molecule is CCC(O)CCC(CC)N=CNC(=CSC)c1ccncc1. The average Bonchev–Trinajstić information content (AvgIpc) is 2.57. The van der Waals surface area contributed by atoms with E-state index in [0.717, 1.165) is 36.9 Å². The van der Waals surface area contributed by atoms with Gasteiger partial charge in [-0.05, 0) is 49.5 Å². The Morgan fingerprint density at radius 1 is 1.32 bits per heavy atom. The lowest BCUT2D eigenvalue weighted by molar-refractivity contribution is 0.154. The van der Waals surface area contributed by atoms with Crippen molar-refractivity contribution in [3.63, 3.8) is 0 Å². The lowest BCUT2D eigenvalue weighted by Gasteiger charge is -2.13. The summed E-state index contributed by atoms with van der Waals surface area (Å²) in [5.41, 5.74) is 2.10. The summed E-state index contributed by atoms with van der Waals surface area (Å²) in [5.74, 6) is 0. The molecule has 4 nitrogen and oxygen atoms in total. The molecule has 5 heteroatoms. The molecule has 0 amide bonds. The van der Waals surface area contributed by atoms with Crippen molar-refractivity contribution in [1.29, 1.82) is 0 Å². The van der Waals surface area contributed by atoms with E-state index in [1.54, 1.807) is 30.5 Å². The fourth-order valence-corrected chi connectivity index (χ4v) is 2.46. The lowest BCUT2D eigenvalue weighted by atomic mass is 10.1. The Labute approximate surface area is 138 Å². The van der Waals surface area contributed by atoms with Crippen LogP contribution in [0, 0.1) is 0 Å². The van der Waals surface area contributed by atoms with E-state index in [0.29, 0.717) is 0 Å². The number of thioether (sulfide) groups is 1. The van der Waals surface area contributed by atoms with E-state index in [1.165, 1.54) is 0 Å². The quantitative estimate of drug-likeness (QED) is 0.510. The van der Waals surface area contributed by atoms with Crippen molar-refractivity contribution in [3.05, 3.63) is 35.5 Å². The highest BCUT2D eigenvalue weighted by Crippen LogP contribution is 2.14. The van der Waals surface area contributed by atoms with Crippen molar-refractivity contribution in [3.8, 4) is 0 Å². The molecule has 122 valence electrons. The molecule has 0 saturated heterocycles. The number of aliphatic hydroxyl groups excluding tert-OH is 1. The first kappa shape index (κ1) is 18.7. The third kappa shape index (κ3) is 7.09. The second-order valence-electron chi connectivity index (χ2n) is 5.13. The summed E-state index contributed by atoms with van der Waals surface area (Å²) < 4.78 is 0. The van der Waals surface area contributed by atoms with Crippen LogP contribution in [0.3, 0.4) is 0 Å². The summed E-state index contributed by atoms with van der Waals surface area (Å²) in [7, 11) is 0. The molecule has 0 aliphatic carbocycles. The van der Waals surface area contributed by atoms with Gasteiger partial charge >= 0.3 is 0 Å². The summed E-state index contributed by atoms with van der Waals surface area (Å²) in [6, 6.07) is 4.19. The maximum atomic E-state index is 9.65. The molecule has 1 rings (SSSR count). The highest BCUT2D eigenvalue weighted by molar-refractivity contribution is 8.01. The van der Waals surface area contributed by atoms with E-state index in [9.17, 15) is 5.11 Å². The maximum Gasteiger partial charge on any atom is 0.0871 e. The van der Waals surface area contributed by atoms with E-state index in [4.69, 9.17) is 0 Å². The Bertz CT molecular complexity index is 462. The Balaban J connectivity index is 2.58. The number of nitrogens with one attached hydrogen (secondary N) is 1. The molecule has 0 aromatic carbocycles. The summed E-state index contributed by atoms with van der Waals surface area (Å²) in [4.78, 5) is 8.62. The molecule has 2 unspecified atom stereocenters. The van der Waals surface area contributed by atoms with Crippen LogP contribution in [0.5, 0.6) is 0 Å². The van der Waals surface area contributed by atoms with E-state index in [1.807, 2.05) is 25.3 Å². The van der Waals surface area contributed by atoms with E-state index >= 15 is 0 Å². The molecule has 1 heterocycles. The highest BCUT2D eigenvalue weighted by atomic mass is 32.2. The number of nitrogens with zero attached hydrogens (tertiary/aromatic N) is 2. The maximum absolute atomic E-state index is 9.65. The van der Waals surface area contributed by atoms with Crippen LogP contribution in [0.1, 0.15) is 45.1 Å². The Kier molecular flexibility index (Phi) is 9.59. The molecular weight excluding hydrogens is 294 g/mol. The van der Waals surface area contributed by atoms with E-state index < -0.39 is 0 Å². The van der Waals surface area contributed by atoms with Crippen molar-refractivity contribution in [1.82, 2.24) is 10.3 Å². The van der Waals surface area contributed by atoms with Crippen LogP contribution in [-0.2, 0) is 0 Å². The number of hydrogen-bond donors (Lipinski definition) is 2. The van der Waals surface area contributed by atoms with Gasteiger partial charge in [0, 0.05) is 18.0 Å². The lowest BCUT2D eigenvalue weighted by Crippen LogP contribution is -2.14. The first-order valence-electron chi connectivity index (χ1n) is 7.80. The number of hydrogen-bond acceptors (Lipinski definition) is 4. The molecule has 0 aliphatic rings. The van der Waals surface area contributed by atoms with Gasteiger partial charge in [-0.25, -0.2) is 0 Å². The topological polar surface area (TPSA) is 57.5 Å². The summed E-state index contributed by atoms with van der Waals surface area (Å²) in [5, 5.41) is 15.0. The zero-order chi connectivity index (χ0) is 16.2. The van der Waals surface area contributed by atoms with Crippen LogP contribution in [0.25, 0.3) is 5.70 Å². The summed E-state index contributed by atoms with van der Waals surface area (Å²) in [6.45, 7) is 4.13. The van der Waals surface area contributed by atoms with Crippen molar-refractivity contribution < 1.29 is 5.11 Å². The molecule has 0 spiro atoms. The van der Waals surface area contributed by atoms with Crippen LogP contribution < -0.4 is 5.32 Å². The van der Waals surface area contributed by atoms with E-state index in [2.05, 4.69) is 27.6 Å². The first-order chi connectivity index (χ1) is 10.7. The minimum absolute atomic E-state index is 0.207. The van der Waals surface area contributed by atoms with Gasteiger partial charge in [-0.15, -0.1) is 11.8 Å². The number of aliphatic imine (C=N–C) groups is 1. The molecule has 2 N–H and O–H groups in total. The zero-order valence-electron chi connectivity index (χ0n) is 13.7. The molecule has 0 radical (unpaired) electrons. The van der Waals surface area contributed by atoms with Gasteiger partial charge in [0.05, 0.1) is 24.2 Å². The Hall–Kier alpha value is -1.33. The predicted molar refractivity (Wildman–Crippen MR) is 97.0 cm³/mol. The smallest absolute Gasteiger partial charge is 0.0871 e. The van der Waals surface area contributed by atoms with Crippen molar-refractivity contribution in [2.75, 3.05) is 6.26 Å². The number of rotatable bonds is 10. The number of aromatic nitrogens is 1. The third-order valence-corrected chi connectivity index (χ3v) is 3.98. The van der Waals surface area contributed by atoms with Gasteiger partial charge in [0.15, 0.2) is 0 Å². The number of aliphatic hydroxyl groups is 1. The zero-order valence-corrected chi connectivity index (χ0v) is 14.5. The minimum atomic E-state index is -0.207. The summed E-state index contributed by atoms with van der Waals surface area (Å²) in [6.07, 6.45) is 10.7. The molecule has 22 heavy (non-hydrogen) atoms. The molecule has 0 bridgehead atoms. The summed E-state index contributed by atoms with van der Waals surface area (Å²) >= 11 is 1.65. The van der Waals surface area contributed by atoms with Crippen LogP contribution in [0.4, 0.5) is 0 Å². The number of pyridine rings is 1. The minimum Gasteiger partial charge on any atom is -0.393 e. The van der Waals surface area contributed by atoms with Gasteiger partial charge in [-0.1, -0.05) is 13.8 Å². The van der Waals surface area contributed by atoms with Crippen LogP contribution in [0.2, 0.25) is 0 Å². The van der Waals surface area contributed by atoms with Crippen LogP contribution in [-0.4, -0.2) is 34.8 Å². The fourth-order valence-electron chi connectivity index (χ4n) is 2.02. The monoisotopic (exact) mass is 321 g/mol. The second kappa shape index (κ2) is 11.3. The largest absolute Gasteiger partial charge is 0.393 e. The molecule has 0 fully saturated rings. The molecule has 1 aromatic heterocycles. The van der Waals surface area contributed by atoms with Crippen LogP contribution >= 0.6 is 11.8 Å². The molecular formula is C17H27N3OS. The van der Waals surface area contributed by atoms with Gasteiger partial charge in [0.2, 0.25) is 0 Å². The van der Waals surface area contributed by atoms with Gasteiger partial charge < -0.3 is 10.4 Å². The van der Waals surface area contributed by atoms with Gasteiger partial charge in [-0.2, -0.15) is 0 Å². The Morgan fingerprint density at radius 2 is 2.05 bits per heavy atom. The third-order valence-electron chi connectivity index (χ3n) is 3.51. The molecule has 2 atom stereocenters. The normalized spacial score (nSPS) is 15.0. The van der Waals surface area contributed by atoms with Crippen molar-refractivity contribution >= 4 is 23.8 Å². The molecule has 0 saturated carbocycles. The van der Waals surface area contributed by atoms with Gasteiger partial charge in [0.25, 0.3) is 0 Å². The first-order valence-corrected chi connectivity index (χ1v) is 9.09.